The van der Waals surface area contributed by atoms with E-state index in [4.69, 9.17) is 9.47 Å². The number of halogens is 1. The predicted molar refractivity (Wildman–Crippen MR) is 108 cm³/mol. The van der Waals surface area contributed by atoms with Crippen LogP contribution in [-0.2, 0) is 6.54 Å². The summed E-state index contributed by atoms with van der Waals surface area (Å²) in [5, 5.41) is 6.06. The molecule has 1 amide bonds. The molecule has 0 aliphatic rings. The summed E-state index contributed by atoms with van der Waals surface area (Å²) in [4.78, 5) is 12.2. The third-order valence-electron chi connectivity index (χ3n) is 4.17. The van der Waals surface area contributed by atoms with Gasteiger partial charge in [-0.05, 0) is 60.2 Å². The van der Waals surface area contributed by atoms with Gasteiger partial charge in [0.15, 0.2) is 11.5 Å². The van der Waals surface area contributed by atoms with Crippen molar-refractivity contribution >= 4 is 17.3 Å². The highest BCUT2D eigenvalue weighted by Crippen LogP contribution is 2.28. The largest absolute Gasteiger partial charge is 0.493 e. The van der Waals surface area contributed by atoms with Crippen LogP contribution in [0.1, 0.15) is 15.9 Å². The zero-order chi connectivity index (χ0) is 19.9. The van der Waals surface area contributed by atoms with Crippen molar-refractivity contribution in [2.45, 2.75) is 6.54 Å². The molecule has 0 bridgehead atoms. The number of rotatable bonds is 7. The molecule has 0 aliphatic heterocycles. The minimum atomic E-state index is -0.442. The summed E-state index contributed by atoms with van der Waals surface area (Å²) in [6.45, 7) is 0.607. The van der Waals surface area contributed by atoms with Crippen LogP contribution in [-0.4, -0.2) is 20.1 Å². The van der Waals surface area contributed by atoms with Crippen molar-refractivity contribution in [1.29, 1.82) is 0 Å². The maximum Gasteiger partial charge on any atom is 0.255 e. The van der Waals surface area contributed by atoms with E-state index in [9.17, 15) is 9.18 Å². The van der Waals surface area contributed by atoms with Gasteiger partial charge < -0.3 is 20.1 Å². The van der Waals surface area contributed by atoms with Gasteiger partial charge in [0.25, 0.3) is 5.91 Å². The number of amides is 1. The second-order valence-corrected chi connectivity index (χ2v) is 6.08. The van der Waals surface area contributed by atoms with Crippen LogP contribution in [0, 0.1) is 5.82 Å². The summed E-state index contributed by atoms with van der Waals surface area (Å²) in [7, 11) is 3.20. The number of carbonyl (C=O) groups excluding carboxylic acids is 1. The van der Waals surface area contributed by atoms with Gasteiger partial charge in [0.1, 0.15) is 5.82 Å². The highest BCUT2D eigenvalue weighted by Gasteiger charge is 2.07. The van der Waals surface area contributed by atoms with Gasteiger partial charge in [-0.2, -0.15) is 0 Å². The molecule has 0 aliphatic carbocycles. The van der Waals surface area contributed by atoms with Gasteiger partial charge in [-0.15, -0.1) is 0 Å². The Labute approximate surface area is 163 Å². The SMILES string of the molecule is COc1ccc(CNc2ccc(NC(=O)c3cccc(F)c3)cc2)cc1OC. The molecule has 0 atom stereocenters. The molecule has 2 N–H and O–H groups in total. The first-order chi connectivity index (χ1) is 13.6. The van der Waals surface area contributed by atoms with Crippen LogP contribution in [0.25, 0.3) is 0 Å². The number of hydrogen-bond acceptors (Lipinski definition) is 4. The number of carbonyl (C=O) groups is 1. The van der Waals surface area contributed by atoms with Crippen molar-refractivity contribution in [3.05, 3.63) is 83.7 Å². The number of methoxy groups -OCH3 is 2. The lowest BCUT2D eigenvalue weighted by molar-refractivity contribution is 0.102. The number of nitrogens with one attached hydrogen (secondary N) is 2. The molecular formula is C22H21FN2O3. The summed E-state index contributed by atoms with van der Waals surface area (Å²) in [6, 6.07) is 18.6. The van der Waals surface area contributed by atoms with Crippen molar-refractivity contribution in [3.8, 4) is 11.5 Å². The molecule has 0 saturated carbocycles. The topological polar surface area (TPSA) is 59.6 Å². The van der Waals surface area contributed by atoms with Gasteiger partial charge in [-0.25, -0.2) is 4.39 Å². The maximum atomic E-state index is 13.2. The van der Waals surface area contributed by atoms with Crippen LogP contribution < -0.4 is 20.1 Å². The number of hydrogen-bond donors (Lipinski definition) is 2. The van der Waals surface area contributed by atoms with E-state index >= 15 is 0 Å². The van der Waals surface area contributed by atoms with Crippen molar-refractivity contribution in [3.63, 3.8) is 0 Å². The molecule has 0 unspecified atom stereocenters. The monoisotopic (exact) mass is 380 g/mol. The van der Waals surface area contributed by atoms with Crippen LogP contribution in [0.3, 0.4) is 0 Å². The fourth-order valence-electron chi connectivity index (χ4n) is 2.70. The number of benzene rings is 3. The van der Waals surface area contributed by atoms with Crippen LogP contribution in [0.15, 0.2) is 66.7 Å². The molecule has 6 heteroatoms. The van der Waals surface area contributed by atoms with Crippen LogP contribution in [0.2, 0.25) is 0 Å². The number of anilines is 2. The van der Waals surface area contributed by atoms with E-state index in [1.54, 1.807) is 32.4 Å². The van der Waals surface area contributed by atoms with Gasteiger partial charge >= 0.3 is 0 Å². The average Bonchev–Trinajstić information content (AvgIpc) is 2.73. The Morgan fingerprint density at radius 2 is 1.61 bits per heavy atom. The molecule has 0 saturated heterocycles. The lowest BCUT2D eigenvalue weighted by atomic mass is 10.2. The molecule has 0 fully saturated rings. The molecule has 0 aromatic heterocycles. The Kier molecular flexibility index (Phi) is 6.11. The van der Waals surface area contributed by atoms with E-state index in [0.29, 0.717) is 23.7 Å². The molecule has 3 aromatic carbocycles. The average molecular weight is 380 g/mol. The minimum absolute atomic E-state index is 0.274. The van der Waals surface area contributed by atoms with Gasteiger partial charge in [-0.1, -0.05) is 12.1 Å². The van der Waals surface area contributed by atoms with Crippen LogP contribution in [0.5, 0.6) is 11.5 Å². The Bertz CT molecular complexity index is 958. The molecule has 0 spiro atoms. The van der Waals surface area contributed by atoms with Crippen molar-refractivity contribution < 1.29 is 18.7 Å². The first-order valence-electron chi connectivity index (χ1n) is 8.71. The Morgan fingerprint density at radius 1 is 0.893 bits per heavy atom. The molecule has 144 valence electrons. The molecular weight excluding hydrogens is 359 g/mol. The second kappa shape index (κ2) is 8.90. The first kappa shape index (κ1) is 19.2. The third kappa shape index (κ3) is 4.79. The number of ether oxygens (including phenoxy) is 2. The second-order valence-electron chi connectivity index (χ2n) is 6.08. The lowest BCUT2D eigenvalue weighted by Crippen LogP contribution is -2.12. The zero-order valence-electron chi connectivity index (χ0n) is 15.7. The molecule has 0 radical (unpaired) electrons. The van der Waals surface area contributed by atoms with E-state index in [1.807, 2.05) is 30.3 Å². The lowest BCUT2D eigenvalue weighted by Gasteiger charge is -2.11. The summed E-state index contributed by atoms with van der Waals surface area (Å²) >= 11 is 0. The van der Waals surface area contributed by atoms with Crippen molar-refractivity contribution in [1.82, 2.24) is 0 Å². The van der Waals surface area contributed by atoms with Gasteiger partial charge in [0.05, 0.1) is 14.2 Å². The van der Waals surface area contributed by atoms with Gasteiger partial charge in [0, 0.05) is 23.5 Å². The molecule has 28 heavy (non-hydrogen) atoms. The Balaban J connectivity index is 1.59. The van der Waals surface area contributed by atoms with E-state index in [2.05, 4.69) is 10.6 Å². The highest BCUT2D eigenvalue weighted by molar-refractivity contribution is 6.04. The van der Waals surface area contributed by atoms with E-state index in [1.165, 1.54) is 18.2 Å². The summed E-state index contributed by atoms with van der Waals surface area (Å²) in [6.07, 6.45) is 0. The van der Waals surface area contributed by atoms with E-state index < -0.39 is 5.82 Å². The molecule has 0 heterocycles. The standard InChI is InChI=1S/C22H21FN2O3/c1-27-20-11-6-15(12-21(20)28-2)14-24-18-7-9-19(10-8-18)25-22(26)16-4-3-5-17(23)13-16/h3-13,24H,14H2,1-2H3,(H,25,26). The third-order valence-corrected chi connectivity index (χ3v) is 4.17. The maximum absolute atomic E-state index is 13.2. The van der Waals surface area contributed by atoms with Crippen LogP contribution >= 0.6 is 0 Å². The van der Waals surface area contributed by atoms with Gasteiger partial charge in [0.2, 0.25) is 0 Å². The summed E-state index contributed by atoms with van der Waals surface area (Å²) < 4.78 is 23.8. The fourth-order valence-corrected chi connectivity index (χ4v) is 2.70. The molecule has 3 rings (SSSR count). The first-order valence-corrected chi connectivity index (χ1v) is 8.71. The Hall–Kier alpha value is -3.54. The Morgan fingerprint density at radius 3 is 2.29 bits per heavy atom. The minimum Gasteiger partial charge on any atom is -0.493 e. The fraction of sp³-hybridized carbons (Fsp3) is 0.136. The quantitative estimate of drug-likeness (QED) is 0.623. The summed E-state index contributed by atoms with van der Waals surface area (Å²) in [5.74, 6) is 0.565. The van der Waals surface area contributed by atoms with Crippen molar-refractivity contribution in [2.24, 2.45) is 0 Å². The normalized spacial score (nSPS) is 10.2. The molecule has 3 aromatic rings. The van der Waals surface area contributed by atoms with E-state index in [0.717, 1.165) is 11.3 Å². The van der Waals surface area contributed by atoms with Gasteiger partial charge in [-0.3, -0.25) is 4.79 Å². The highest BCUT2D eigenvalue weighted by atomic mass is 19.1. The molecule has 5 nitrogen and oxygen atoms in total. The van der Waals surface area contributed by atoms with Crippen LogP contribution in [0.4, 0.5) is 15.8 Å². The van der Waals surface area contributed by atoms with E-state index in [-0.39, 0.29) is 11.5 Å². The predicted octanol–water partition coefficient (Wildman–Crippen LogP) is 4.71. The smallest absolute Gasteiger partial charge is 0.255 e. The van der Waals surface area contributed by atoms with Crippen molar-refractivity contribution in [2.75, 3.05) is 24.9 Å². The zero-order valence-corrected chi connectivity index (χ0v) is 15.7. The summed E-state index contributed by atoms with van der Waals surface area (Å²) in [5.41, 5.74) is 2.85.